The predicted molar refractivity (Wildman–Crippen MR) is 96.0 cm³/mol. The molecule has 0 aromatic carbocycles. The van der Waals surface area contributed by atoms with Gasteiger partial charge in [0.15, 0.2) is 0 Å². The van der Waals surface area contributed by atoms with Gasteiger partial charge in [-0.2, -0.15) is 0 Å². The Kier molecular flexibility index (Phi) is 6.23. The van der Waals surface area contributed by atoms with E-state index in [1.807, 2.05) is 12.1 Å². The van der Waals surface area contributed by atoms with E-state index in [0.29, 0.717) is 13.1 Å². The van der Waals surface area contributed by atoms with Crippen molar-refractivity contribution in [2.45, 2.75) is 6.54 Å². The fraction of sp³-hybridized carbons (Fsp3) is 0.438. The van der Waals surface area contributed by atoms with E-state index in [-0.39, 0.29) is 17.3 Å². The number of anilines is 2. The van der Waals surface area contributed by atoms with Crippen LogP contribution in [0.5, 0.6) is 0 Å². The Morgan fingerprint density at radius 1 is 1.23 bits per heavy atom. The summed E-state index contributed by atoms with van der Waals surface area (Å²) in [6, 6.07) is 3.69. The second-order valence-corrected chi connectivity index (χ2v) is 5.77. The molecule has 0 radical (unpaired) electrons. The largest absolute Gasteiger partial charge is 0.379 e. The van der Waals surface area contributed by atoms with Crippen LogP contribution in [-0.2, 0) is 11.3 Å². The van der Waals surface area contributed by atoms with E-state index >= 15 is 0 Å². The van der Waals surface area contributed by atoms with Crippen molar-refractivity contribution < 1.29 is 9.66 Å². The van der Waals surface area contributed by atoms with E-state index in [0.717, 1.165) is 38.4 Å². The van der Waals surface area contributed by atoms with Gasteiger partial charge in [0.05, 0.1) is 18.1 Å². The fourth-order valence-corrected chi connectivity index (χ4v) is 2.66. The van der Waals surface area contributed by atoms with Crippen molar-refractivity contribution in [1.29, 1.82) is 0 Å². The smallest absolute Gasteiger partial charge is 0.353 e. The molecule has 0 spiro atoms. The molecule has 1 aliphatic heterocycles. The number of nitrogens with zero attached hydrogens (tertiary/aromatic N) is 5. The molecule has 2 aromatic heterocycles. The summed E-state index contributed by atoms with van der Waals surface area (Å²) in [4.78, 5) is 25.4. The lowest BCUT2D eigenvalue weighted by molar-refractivity contribution is -0.383. The van der Waals surface area contributed by atoms with Gasteiger partial charge in [-0.05, 0) is 11.6 Å². The Bertz CT molecular complexity index is 723. The van der Waals surface area contributed by atoms with Crippen LogP contribution in [0.4, 0.5) is 17.3 Å². The Hall–Kier alpha value is -2.85. The minimum absolute atomic E-state index is 0.154. The van der Waals surface area contributed by atoms with Crippen LogP contribution in [0.25, 0.3) is 0 Å². The molecule has 0 unspecified atom stereocenters. The lowest BCUT2D eigenvalue weighted by atomic mass is 10.3. The number of hydrogen-bond donors (Lipinski definition) is 2. The monoisotopic (exact) mass is 359 g/mol. The minimum Gasteiger partial charge on any atom is -0.379 e. The average molecular weight is 359 g/mol. The molecule has 1 aliphatic rings. The topological polar surface area (TPSA) is 118 Å². The maximum Gasteiger partial charge on any atom is 0.353 e. The summed E-state index contributed by atoms with van der Waals surface area (Å²) in [6.45, 7) is 4.88. The highest BCUT2D eigenvalue weighted by molar-refractivity contribution is 5.69. The molecule has 0 saturated carbocycles. The molecular weight excluding hydrogens is 338 g/mol. The first kappa shape index (κ1) is 18.0. The van der Waals surface area contributed by atoms with Crippen LogP contribution in [0.2, 0.25) is 0 Å². The van der Waals surface area contributed by atoms with Crippen molar-refractivity contribution in [3.8, 4) is 0 Å². The molecule has 1 saturated heterocycles. The van der Waals surface area contributed by atoms with E-state index in [2.05, 4.69) is 30.5 Å². The second-order valence-electron chi connectivity index (χ2n) is 5.77. The Balaban J connectivity index is 1.64. The number of nitro groups is 1. The molecule has 0 atom stereocenters. The van der Waals surface area contributed by atoms with Gasteiger partial charge in [0.2, 0.25) is 11.6 Å². The zero-order chi connectivity index (χ0) is 18.2. The van der Waals surface area contributed by atoms with Crippen LogP contribution in [0.15, 0.2) is 30.9 Å². The summed E-state index contributed by atoms with van der Waals surface area (Å²) in [6.07, 6.45) is 4.68. The fourth-order valence-electron chi connectivity index (χ4n) is 2.66. The Labute approximate surface area is 150 Å². The lowest BCUT2D eigenvalue weighted by Gasteiger charge is -2.26. The van der Waals surface area contributed by atoms with Crippen LogP contribution in [-0.4, -0.2) is 64.2 Å². The number of ether oxygens (including phenoxy) is 1. The molecule has 10 nitrogen and oxygen atoms in total. The van der Waals surface area contributed by atoms with Crippen LogP contribution >= 0.6 is 0 Å². The van der Waals surface area contributed by atoms with Gasteiger partial charge in [-0.1, -0.05) is 6.07 Å². The summed E-state index contributed by atoms with van der Waals surface area (Å²) in [5.41, 5.74) is 0.751. The molecule has 10 heteroatoms. The van der Waals surface area contributed by atoms with Gasteiger partial charge in [-0.3, -0.25) is 20.0 Å². The third-order valence-electron chi connectivity index (χ3n) is 4.01. The van der Waals surface area contributed by atoms with E-state index in [1.165, 1.54) is 6.33 Å². The maximum absolute atomic E-state index is 11.5. The van der Waals surface area contributed by atoms with Gasteiger partial charge >= 0.3 is 5.69 Å². The highest BCUT2D eigenvalue weighted by atomic mass is 16.6. The van der Waals surface area contributed by atoms with Gasteiger partial charge < -0.3 is 15.4 Å². The number of hydrogen-bond acceptors (Lipinski definition) is 9. The third-order valence-corrected chi connectivity index (χ3v) is 4.01. The summed E-state index contributed by atoms with van der Waals surface area (Å²) in [5, 5.41) is 17.6. The molecular formula is C16H21N7O3. The van der Waals surface area contributed by atoms with Crippen molar-refractivity contribution >= 4 is 17.3 Å². The average Bonchev–Trinajstić information content (AvgIpc) is 2.68. The summed E-state index contributed by atoms with van der Waals surface area (Å²) < 4.78 is 5.31. The predicted octanol–water partition coefficient (Wildman–Crippen LogP) is 1.14. The number of aromatic nitrogens is 3. The molecule has 1 fully saturated rings. The summed E-state index contributed by atoms with van der Waals surface area (Å²) >= 11 is 0. The Morgan fingerprint density at radius 3 is 2.69 bits per heavy atom. The van der Waals surface area contributed by atoms with Crippen molar-refractivity contribution in [3.63, 3.8) is 0 Å². The van der Waals surface area contributed by atoms with Crippen molar-refractivity contribution in [3.05, 3.63) is 46.5 Å². The normalized spacial score (nSPS) is 14.8. The van der Waals surface area contributed by atoms with Crippen LogP contribution in [0.1, 0.15) is 5.56 Å². The first-order valence-electron chi connectivity index (χ1n) is 8.40. The first-order chi connectivity index (χ1) is 12.7. The lowest BCUT2D eigenvalue weighted by Crippen LogP contribution is -2.39. The van der Waals surface area contributed by atoms with Crippen molar-refractivity contribution in [1.82, 2.24) is 19.9 Å². The highest BCUT2D eigenvalue weighted by Gasteiger charge is 2.23. The number of nitrogens with one attached hydrogen (secondary N) is 2. The van der Waals surface area contributed by atoms with Crippen LogP contribution in [0, 0.1) is 10.1 Å². The molecule has 138 valence electrons. The van der Waals surface area contributed by atoms with E-state index < -0.39 is 4.92 Å². The van der Waals surface area contributed by atoms with Gasteiger partial charge in [0.1, 0.15) is 6.33 Å². The molecule has 0 amide bonds. The SMILES string of the molecule is O=[N+]([O-])c1c(NCCN2CCOCC2)ncnc1NCc1cccnc1. The first-order valence-corrected chi connectivity index (χ1v) is 8.40. The minimum atomic E-state index is -0.470. The quantitative estimate of drug-likeness (QED) is 0.528. The number of morpholine rings is 1. The van der Waals surface area contributed by atoms with E-state index in [4.69, 9.17) is 4.74 Å². The maximum atomic E-state index is 11.5. The molecule has 3 heterocycles. The number of pyridine rings is 1. The number of rotatable bonds is 8. The summed E-state index contributed by atoms with van der Waals surface area (Å²) in [7, 11) is 0. The zero-order valence-corrected chi connectivity index (χ0v) is 14.3. The van der Waals surface area contributed by atoms with Gasteiger partial charge in [0.25, 0.3) is 0 Å². The molecule has 0 bridgehead atoms. The molecule has 2 aromatic rings. The summed E-state index contributed by atoms with van der Waals surface area (Å²) in [5.74, 6) is 0.398. The van der Waals surface area contributed by atoms with Gasteiger partial charge in [0, 0.05) is 45.1 Å². The van der Waals surface area contributed by atoms with E-state index in [9.17, 15) is 10.1 Å². The molecule has 0 aliphatic carbocycles. The zero-order valence-electron chi connectivity index (χ0n) is 14.3. The van der Waals surface area contributed by atoms with Crippen molar-refractivity contribution in [2.75, 3.05) is 50.0 Å². The van der Waals surface area contributed by atoms with E-state index in [1.54, 1.807) is 12.4 Å². The third kappa shape index (κ3) is 4.83. The van der Waals surface area contributed by atoms with Crippen LogP contribution < -0.4 is 10.6 Å². The Morgan fingerprint density at radius 2 is 2.00 bits per heavy atom. The van der Waals surface area contributed by atoms with Crippen molar-refractivity contribution in [2.24, 2.45) is 0 Å². The molecule has 26 heavy (non-hydrogen) atoms. The van der Waals surface area contributed by atoms with Gasteiger partial charge in [-0.15, -0.1) is 0 Å². The van der Waals surface area contributed by atoms with Gasteiger partial charge in [-0.25, -0.2) is 9.97 Å². The van der Waals surface area contributed by atoms with Crippen LogP contribution in [0.3, 0.4) is 0 Å². The standard InChI is InChI=1S/C16H21N7O3/c24-23(25)14-15(18-4-5-22-6-8-26-9-7-22)20-12-21-16(14)19-11-13-2-1-3-17-10-13/h1-3,10,12H,4-9,11H2,(H2,18,19,20,21). The second kappa shape index (κ2) is 9.02. The molecule has 3 rings (SSSR count). The molecule has 2 N–H and O–H groups in total. The highest BCUT2D eigenvalue weighted by Crippen LogP contribution is 2.28.